The van der Waals surface area contributed by atoms with Gasteiger partial charge in [0.25, 0.3) is 5.91 Å². The van der Waals surface area contributed by atoms with Gasteiger partial charge in [0.15, 0.2) is 12.4 Å². The lowest BCUT2D eigenvalue weighted by Crippen LogP contribution is -3.00. The number of aromatic nitrogens is 1. The molecule has 1 amide bonds. The first-order chi connectivity index (χ1) is 8.25. The molecule has 0 unspecified atom stereocenters. The standard InChI is InChI=1S/C14H14N2O.HI/c1-16-9-5-8-13(11-16)14(17)15-10-12-6-3-2-4-7-12;/h2-9,11H,10H2,1H3;1H. The van der Waals surface area contributed by atoms with Gasteiger partial charge in [0.2, 0.25) is 0 Å². The van der Waals surface area contributed by atoms with Gasteiger partial charge in [-0.1, -0.05) is 30.3 Å². The third-order valence-electron chi connectivity index (χ3n) is 2.50. The van der Waals surface area contributed by atoms with E-state index in [1.807, 2.05) is 54.2 Å². The van der Waals surface area contributed by atoms with Crippen molar-refractivity contribution in [3.63, 3.8) is 0 Å². The fraction of sp³-hybridized carbons (Fsp3) is 0.143. The molecule has 0 saturated carbocycles. The van der Waals surface area contributed by atoms with Crippen LogP contribution in [0, 0.1) is 0 Å². The molecule has 0 radical (unpaired) electrons. The Morgan fingerprint density at radius 2 is 1.89 bits per heavy atom. The monoisotopic (exact) mass is 354 g/mol. The van der Waals surface area contributed by atoms with Crippen molar-refractivity contribution in [2.24, 2.45) is 7.05 Å². The molecule has 1 heterocycles. The highest BCUT2D eigenvalue weighted by Gasteiger charge is 2.07. The largest absolute Gasteiger partial charge is 1.00 e. The molecule has 0 saturated heterocycles. The van der Waals surface area contributed by atoms with Crippen LogP contribution in [0.25, 0.3) is 0 Å². The second kappa shape index (κ2) is 7.10. The van der Waals surface area contributed by atoms with Crippen molar-refractivity contribution < 1.29 is 33.3 Å². The van der Waals surface area contributed by atoms with Crippen LogP contribution < -0.4 is 33.9 Å². The second-order valence-corrected chi connectivity index (χ2v) is 3.93. The van der Waals surface area contributed by atoms with Crippen LogP contribution in [-0.2, 0) is 13.6 Å². The Morgan fingerprint density at radius 3 is 2.56 bits per heavy atom. The van der Waals surface area contributed by atoms with Gasteiger partial charge in [-0.05, 0) is 11.6 Å². The molecule has 0 spiro atoms. The number of rotatable bonds is 3. The Hall–Kier alpha value is -1.43. The molecule has 3 nitrogen and oxygen atoms in total. The maximum atomic E-state index is 11.8. The fourth-order valence-corrected chi connectivity index (χ4v) is 1.60. The number of aryl methyl sites for hydroxylation is 1. The number of carbonyl (C=O) groups is 1. The minimum absolute atomic E-state index is 0. The third-order valence-corrected chi connectivity index (χ3v) is 2.50. The van der Waals surface area contributed by atoms with Crippen LogP contribution in [0.3, 0.4) is 0 Å². The van der Waals surface area contributed by atoms with Gasteiger partial charge >= 0.3 is 0 Å². The molecule has 1 aromatic carbocycles. The van der Waals surface area contributed by atoms with E-state index in [-0.39, 0.29) is 29.9 Å². The highest BCUT2D eigenvalue weighted by Crippen LogP contribution is 1.99. The molecule has 2 aromatic rings. The van der Waals surface area contributed by atoms with Gasteiger partial charge in [0, 0.05) is 12.6 Å². The summed E-state index contributed by atoms with van der Waals surface area (Å²) >= 11 is 0. The van der Waals surface area contributed by atoms with Crippen molar-refractivity contribution in [2.75, 3.05) is 0 Å². The van der Waals surface area contributed by atoms with Crippen LogP contribution in [-0.4, -0.2) is 5.91 Å². The topological polar surface area (TPSA) is 33.0 Å². The van der Waals surface area contributed by atoms with E-state index in [4.69, 9.17) is 0 Å². The smallest absolute Gasteiger partial charge is 0.257 e. The Bertz CT molecular complexity index is 514. The van der Waals surface area contributed by atoms with E-state index in [9.17, 15) is 4.79 Å². The Balaban J connectivity index is 0.00000162. The average molecular weight is 354 g/mol. The minimum atomic E-state index is -0.0509. The summed E-state index contributed by atoms with van der Waals surface area (Å²) in [6.45, 7) is 0.554. The Morgan fingerprint density at radius 1 is 1.17 bits per heavy atom. The van der Waals surface area contributed by atoms with Crippen molar-refractivity contribution in [3.05, 3.63) is 66.0 Å². The van der Waals surface area contributed by atoms with E-state index >= 15 is 0 Å². The highest BCUT2D eigenvalue weighted by atomic mass is 127. The molecule has 0 aliphatic rings. The van der Waals surface area contributed by atoms with Gasteiger partial charge in [0.1, 0.15) is 12.6 Å². The van der Waals surface area contributed by atoms with Crippen LogP contribution in [0.2, 0.25) is 0 Å². The maximum absolute atomic E-state index is 11.8. The minimum Gasteiger partial charge on any atom is -1.00 e. The number of pyridine rings is 1. The van der Waals surface area contributed by atoms with Crippen LogP contribution >= 0.6 is 0 Å². The molecule has 0 aliphatic carbocycles. The first kappa shape index (κ1) is 14.6. The number of hydrogen-bond acceptors (Lipinski definition) is 1. The number of nitrogens with zero attached hydrogens (tertiary/aromatic N) is 1. The van der Waals surface area contributed by atoms with E-state index in [1.165, 1.54) is 0 Å². The SMILES string of the molecule is C[n+]1cccc(C(=O)NCc2ccccc2)c1.[I-]. The van der Waals surface area contributed by atoms with Gasteiger partial charge < -0.3 is 29.3 Å². The van der Waals surface area contributed by atoms with Gasteiger partial charge in [0.05, 0.1) is 0 Å². The quantitative estimate of drug-likeness (QED) is 0.525. The van der Waals surface area contributed by atoms with Crippen molar-refractivity contribution in [1.82, 2.24) is 5.32 Å². The first-order valence-corrected chi connectivity index (χ1v) is 5.53. The van der Waals surface area contributed by atoms with E-state index < -0.39 is 0 Å². The fourth-order valence-electron chi connectivity index (χ4n) is 1.60. The number of benzene rings is 1. The summed E-state index contributed by atoms with van der Waals surface area (Å²) in [5.74, 6) is -0.0509. The molecular weight excluding hydrogens is 339 g/mol. The lowest BCUT2D eigenvalue weighted by Gasteiger charge is -2.04. The van der Waals surface area contributed by atoms with Gasteiger partial charge in [-0.15, -0.1) is 0 Å². The van der Waals surface area contributed by atoms with Crippen LogP contribution in [0.1, 0.15) is 15.9 Å². The Kier molecular flexibility index (Phi) is 5.77. The molecule has 2 rings (SSSR count). The van der Waals surface area contributed by atoms with E-state index in [1.54, 1.807) is 12.3 Å². The Labute approximate surface area is 124 Å². The maximum Gasteiger partial charge on any atom is 0.257 e. The van der Waals surface area contributed by atoms with Crippen molar-refractivity contribution >= 4 is 5.91 Å². The molecule has 0 atom stereocenters. The summed E-state index contributed by atoms with van der Waals surface area (Å²) in [6.07, 6.45) is 3.70. The second-order valence-electron chi connectivity index (χ2n) is 3.93. The zero-order chi connectivity index (χ0) is 12.1. The first-order valence-electron chi connectivity index (χ1n) is 5.53. The van der Waals surface area contributed by atoms with E-state index in [0.717, 1.165) is 5.56 Å². The molecule has 18 heavy (non-hydrogen) atoms. The predicted octanol–water partition coefficient (Wildman–Crippen LogP) is -1.55. The summed E-state index contributed by atoms with van der Waals surface area (Å²) in [6, 6.07) is 13.5. The third kappa shape index (κ3) is 4.10. The molecule has 94 valence electrons. The van der Waals surface area contributed by atoms with Gasteiger partial charge in [-0.25, -0.2) is 4.57 Å². The number of halogens is 1. The van der Waals surface area contributed by atoms with E-state index in [0.29, 0.717) is 12.1 Å². The molecule has 0 fully saturated rings. The molecule has 0 bridgehead atoms. The zero-order valence-corrected chi connectivity index (χ0v) is 12.3. The average Bonchev–Trinajstić information content (AvgIpc) is 2.37. The normalized spacial score (nSPS) is 9.39. The summed E-state index contributed by atoms with van der Waals surface area (Å²) in [4.78, 5) is 11.8. The molecular formula is C14H15IN2O. The molecule has 4 heteroatoms. The van der Waals surface area contributed by atoms with Gasteiger partial charge in [-0.2, -0.15) is 0 Å². The van der Waals surface area contributed by atoms with Crippen LogP contribution in [0.5, 0.6) is 0 Å². The summed E-state index contributed by atoms with van der Waals surface area (Å²) in [7, 11) is 1.90. The number of nitrogens with one attached hydrogen (secondary N) is 1. The zero-order valence-electron chi connectivity index (χ0n) is 10.1. The number of carbonyl (C=O) groups excluding carboxylic acids is 1. The van der Waals surface area contributed by atoms with Gasteiger partial charge in [-0.3, -0.25) is 4.79 Å². The van der Waals surface area contributed by atoms with E-state index in [2.05, 4.69) is 5.32 Å². The van der Waals surface area contributed by atoms with Crippen LogP contribution in [0.4, 0.5) is 0 Å². The van der Waals surface area contributed by atoms with Crippen molar-refractivity contribution in [2.45, 2.75) is 6.54 Å². The molecule has 1 N–H and O–H groups in total. The summed E-state index contributed by atoms with van der Waals surface area (Å²) < 4.78 is 1.86. The molecule has 1 aromatic heterocycles. The number of hydrogen-bond donors (Lipinski definition) is 1. The van der Waals surface area contributed by atoms with Crippen LogP contribution in [0.15, 0.2) is 54.9 Å². The van der Waals surface area contributed by atoms with Crippen molar-refractivity contribution in [1.29, 1.82) is 0 Å². The number of amides is 1. The predicted molar refractivity (Wildman–Crippen MR) is 65.2 cm³/mol. The summed E-state index contributed by atoms with van der Waals surface area (Å²) in [5.41, 5.74) is 1.77. The lowest BCUT2D eigenvalue weighted by molar-refractivity contribution is -0.671. The summed E-state index contributed by atoms with van der Waals surface area (Å²) in [5, 5.41) is 2.89. The van der Waals surface area contributed by atoms with Crippen molar-refractivity contribution in [3.8, 4) is 0 Å². The lowest BCUT2D eigenvalue weighted by atomic mass is 10.2. The highest BCUT2D eigenvalue weighted by molar-refractivity contribution is 5.93. The molecule has 0 aliphatic heterocycles.